The Morgan fingerprint density at radius 2 is 0.875 bits per heavy atom. The number of halogens is 1. The molecule has 0 atom stereocenters. The summed E-state index contributed by atoms with van der Waals surface area (Å²) in [5.74, 6) is 0. The van der Waals surface area contributed by atoms with Crippen molar-refractivity contribution in [3.8, 4) is 22.3 Å². The van der Waals surface area contributed by atoms with Crippen LogP contribution in [-0.2, 0) is 0 Å². The van der Waals surface area contributed by atoms with E-state index in [1.807, 2.05) is 0 Å². The number of fused-ring (bicyclic) bond motifs is 5. The summed E-state index contributed by atoms with van der Waals surface area (Å²) in [4.78, 5) is 0. The van der Waals surface area contributed by atoms with Gasteiger partial charge in [-0.2, -0.15) is 0 Å². The van der Waals surface area contributed by atoms with E-state index >= 15 is 0 Å². The Hall–Kier alpha value is -3.39. The lowest BCUT2D eigenvalue weighted by Gasteiger charge is -2.35. The Labute approximate surface area is 194 Å². The maximum atomic E-state index is 6.61. The zero-order valence-electron chi connectivity index (χ0n) is 17.5. The van der Waals surface area contributed by atoms with Crippen molar-refractivity contribution in [2.75, 3.05) is 0 Å². The SMILES string of the molecule is Clc1ccc2c(c1)-c1ccccc1-c1ccccc1[Si]2(c1ccccc1)c1ccccc1. The van der Waals surface area contributed by atoms with Gasteiger partial charge in [0.25, 0.3) is 0 Å². The Balaban J connectivity index is 1.89. The van der Waals surface area contributed by atoms with Crippen molar-refractivity contribution in [2.24, 2.45) is 0 Å². The summed E-state index contributed by atoms with van der Waals surface area (Å²) in [6.45, 7) is 0. The van der Waals surface area contributed by atoms with E-state index in [1.165, 1.54) is 43.0 Å². The second-order valence-corrected chi connectivity index (χ2v) is 12.4. The van der Waals surface area contributed by atoms with Crippen molar-refractivity contribution >= 4 is 40.4 Å². The van der Waals surface area contributed by atoms with Crippen molar-refractivity contribution in [2.45, 2.75) is 0 Å². The van der Waals surface area contributed by atoms with Crippen molar-refractivity contribution < 1.29 is 0 Å². The van der Waals surface area contributed by atoms with Crippen LogP contribution in [-0.4, -0.2) is 8.07 Å². The van der Waals surface area contributed by atoms with Gasteiger partial charge in [-0.1, -0.05) is 127 Å². The number of benzene rings is 5. The summed E-state index contributed by atoms with van der Waals surface area (Å²) in [5, 5.41) is 6.35. The average Bonchev–Trinajstić information content (AvgIpc) is 2.97. The van der Waals surface area contributed by atoms with Crippen LogP contribution in [0.1, 0.15) is 0 Å². The van der Waals surface area contributed by atoms with Gasteiger partial charge in [0.1, 0.15) is 0 Å². The lowest BCUT2D eigenvalue weighted by Crippen LogP contribution is -2.75. The molecule has 1 aliphatic heterocycles. The number of rotatable bonds is 2. The minimum absolute atomic E-state index is 0.772. The van der Waals surface area contributed by atoms with Gasteiger partial charge in [0.2, 0.25) is 0 Å². The van der Waals surface area contributed by atoms with Crippen LogP contribution in [0.25, 0.3) is 22.3 Å². The van der Waals surface area contributed by atoms with E-state index in [-0.39, 0.29) is 0 Å². The molecule has 0 amide bonds. The molecule has 0 fully saturated rings. The number of hydrogen-bond acceptors (Lipinski definition) is 0. The fourth-order valence-corrected chi connectivity index (χ4v) is 10.7. The van der Waals surface area contributed by atoms with Crippen LogP contribution in [0, 0.1) is 0 Å². The molecule has 0 nitrogen and oxygen atoms in total. The Morgan fingerprint density at radius 3 is 1.50 bits per heavy atom. The molecule has 0 aliphatic carbocycles. The molecule has 0 spiro atoms. The molecule has 0 saturated carbocycles. The molecule has 0 N–H and O–H groups in total. The normalized spacial score (nSPS) is 13.4. The molecule has 1 aliphatic rings. The maximum absolute atomic E-state index is 6.61. The molecule has 0 saturated heterocycles. The van der Waals surface area contributed by atoms with Crippen molar-refractivity contribution in [3.05, 3.63) is 132 Å². The molecule has 1 heterocycles. The van der Waals surface area contributed by atoms with E-state index in [4.69, 9.17) is 11.6 Å². The van der Waals surface area contributed by atoms with E-state index < -0.39 is 8.07 Å². The zero-order valence-corrected chi connectivity index (χ0v) is 19.3. The molecule has 0 radical (unpaired) electrons. The van der Waals surface area contributed by atoms with Gasteiger partial charge in [0.15, 0.2) is 8.07 Å². The second-order valence-electron chi connectivity index (χ2n) is 8.26. The highest BCUT2D eigenvalue weighted by Gasteiger charge is 2.46. The first-order valence-corrected chi connectivity index (χ1v) is 13.3. The van der Waals surface area contributed by atoms with Crippen molar-refractivity contribution in [1.82, 2.24) is 0 Å². The van der Waals surface area contributed by atoms with Crippen LogP contribution in [0.15, 0.2) is 127 Å². The van der Waals surface area contributed by atoms with Crippen LogP contribution in [0.5, 0.6) is 0 Å². The quantitative estimate of drug-likeness (QED) is 0.315. The molecule has 2 heteroatoms. The van der Waals surface area contributed by atoms with Gasteiger partial charge in [-0.3, -0.25) is 0 Å². The van der Waals surface area contributed by atoms with Gasteiger partial charge in [-0.05, 0) is 55.1 Å². The lowest BCUT2D eigenvalue weighted by molar-refractivity contribution is 1.62. The smallest absolute Gasteiger partial charge is 0.0843 e. The highest BCUT2D eigenvalue weighted by molar-refractivity contribution is 7.21. The summed E-state index contributed by atoms with van der Waals surface area (Å²) in [6, 6.07) is 46.4. The minimum atomic E-state index is -2.61. The molecule has 0 unspecified atom stereocenters. The Kier molecular flexibility index (Phi) is 4.60. The third kappa shape index (κ3) is 2.75. The maximum Gasteiger partial charge on any atom is 0.180 e. The third-order valence-corrected chi connectivity index (χ3v) is 11.8. The fraction of sp³-hybridized carbons (Fsp3) is 0. The van der Waals surface area contributed by atoms with Crippen molar-refractivity contribution in [3.63, 3.8) is 0 Å². The van der Waals surface area contributed by atoms with Gasteiger partial charge in [0, 0.05) is 5.02 Å². The zero-order chi connectivity index (χ0) is 21.5. The molecular formula is C30H21ClSi. The molecule has 152 valence electrons. The van der Waals surface area contributed by atoms with Crippen LogP contribution < -0.4 is 20.7 Å². The van der Waals surface area contributed by atoms with Gasteiger partial charge in [-0.25, -0.2) is 0 Å². The summed E-state index contributed by atoms with van der Waals surface area (Å²) in [6.07, 6.45) is 0. The first kappa shape index (κ1) is 19.3. The Morgan fingerprint density at radius 1 is 0.406 bits per heavy atom. The molecule has 32 heavy (non-hydrogen) atoms. The second kappa shape index (κ2) is 7.63. The summed E-state index contributed by atoms with van der Waals surface area (Å²) >= 11 is 6.61. The predicted octanol–water partition coefficient (Wildman–Crippen LogP) is 5.36. The van der Waals surface area contributed by atoms with Crippen LogP contribution >= 0.6 is 11.6 Å². The largest absolute Gasteiger partial charge is 0.180 e. The summed E-state index contributed by atoms with van der Waals surface area (Å²) < 4.78 is 0. The monoisotopic (exact) mass is 444 g/mol. The molecular weight excluding hydrogens is 424 g/mol. The summed E-state index contributed by atoms with van der Waals surface area (Å²) in [7, 11) is -2.61. The van der Waals surface area contributed by atoms with Gasteiger partial charge < -0.3 is 0 Å². The van der Waals surface area contributed by atoms with E-state index in [0.29, 0.717) is 0 Å². The highest BCUT2D eigenvalue weighted by Crippen LogP contribution is 2.36. The molecule has 0 bridgehead atoms. The van der Waals surface area contributed by atoms with E-state index in [0.717, 1.165) is 5.02 Å². The van der Waals surface area contributed by atoms with Gasteiger partial charge in [0.05, 0.1) is 0 Å². The van der Waals surface area contributed by atoms with Crippen LogP contribution in [0.3, 0.4) is 0 Å². The molecule has 5 aromatic rings. The van der Waals surface area contributed by atoms with Crippen LogP contribution in [0.2, 0.25) is 5.02 Å². The van der Waals surface area contributed by atoms with E-state index in [1.54, 1.807) is 0 Å². The minimum Gasteiger partial charge on any atom is -0.0843 e. The predicted molar refractivity (Wildman–Crippen MR) is 139 cm³/mol. The van der Waals surface area contributed by atoms with Crippen molar-refractivity contribution in [1.29, 1.82) is 0 Å². The molecule has 6 rings (SSSR count). The number of hydrogen-bond donors (Lipinski definition) is 0. The third-order valence-electron chi connectivity index (χ3n) is 6.64. The van der Waals surface area contributed by atoms with Crippen LogP contribution in [0.4, 0.5) is 0 Å². The topological polar surface area (TPSA) is 0 Å². The van der Waals surface area contributed by atoms with Gasteiger partial charge >= 0.3 is 0 Å². The van der Waals surface area contributed by atoms with E-state index in [9.17, 15) is 0 Å². The summed E-state index contributed by atoms with van der Waals surface area (Å²) in [5.41, 5.74) is 5.07. The lowest BCUT2D eigenvalue weighted by atomic mass is 9.95. The first-order valence-electron chi connectivity index (χ1n) is 10.9. The standard InChI is InChI=1S/C30H21ClSi/c31-22-19-20-30-28(21-22)26-16-8-7-15-25(26)27-17-9-10-18-29(27)32(30,23-11-3-1-4-12-23)24-13-5-2-6-14-24/h1-21H. The van der Waals surface area contributed by atoms with Gasteiger partial charge in [-0.15, -0.1) is 0 Å². The average molecular weight is 445 g/mol. The highest BCUT2D eigenvalue weighted by atomic mass is 35.5. The molecule has 0 aromatic heterocycles. The Bertz CT molecular complexity index is 1380. The fourth-order valence-electron chi connectivity index (χ4n) is 5.37. The first-order chi connectivity index (χ1) is 15.8. The van der Waals surface area contributed by atoms with E-state index in [2.05, 4.69) is 127 Å². The molecule has 5 aromatic carbocycles.